The van der Waals surface area contributed by atoms with E-state index in [-0.39, 0.29) is 35.9 Å². The van der Waals surface area contributed by atoms with Crippen LogP contribution in [0.15, 0.2) is 53.7 Å². The molecule has 7 heteroatoms. The Labute approximate surface area is 149 Å². The van der Waals surface area contributed by atoms with Crippen molar-refractivity contribution in [3.8, 4) is 5.75 Å². The molecule has 0 aliphatic carbocycles. The SMILES string of the molecule is CCC(=NOCCOc1ccccc1)c1cc(Cl)ccc1C(F)(F)F. The van der Waals surface area contributed by atoms with Gasteiger partial charge in [-0.25, -0.2) is 0 Å². The Morgan fingerprint density at radius 2 is 1.80 bits per heavy atom. The predicted molar refractivity (Wildman–Crippen MR) is 91.2 cm³/mol. The van der Waals surface area contributed by atoms with Crippen LogP contribution >= 0.6 is 11.6 Å². The highest BCUT2D eigenvalue weighted by Gasteiger charge is 2.34. The highest BCUT2D eigenvalue weighted by Crippen LogP contribution is 2.34. The van der Waals surface area contributed by atoms with Gasteiger partial charge in [0.2, 0.25) is 0 Å². The third-order valence-electron chi connectivity index (χ3n) is 3.29. The number of nitrogens with zero attached hydrogens (tertiary/aromatic N) is 1. The summed E-state index contributed by atoms with van der Waals surface area (Å²) in [7, 11) is 0. The molecule has 0 saturated carbocycles. The van der Waals surface area contributed by atoms with Crippen LogP contribution in [0, 0.1) is 0 Å². The highest BCUT2D eigenvalue weighted by atomic mass is 35.5. The van der Waals surface area contributed by atoms with Crippen molar-refractivity contribution in [2.75, 3.05) is 13.2 Å². The number of halogens is 4. The van der Waals surface area contributed by atoms with Gasteiger partial charge in [-0.15, -0.1) is 0 Å². The molecule has 0 N–H and O–H groups in total. The van der Waals surface area contributed by atoms with Gasteiger partial charge in [0.1, 0.15) is 12.4 Å². The minimum Gasteiger partial charge on any atom is -0.490 e. The molecular weight excluding hydrogens is 355 g/mol. The first-order valence-corrected chi connectivity index (χ1v) is 8.03. The second-order valence-corrected chi connectivity index (χ2v) is 5.51. The molecule has 0 radical (unpaired) electrons. The number of hydrogen-bond donors (Lipinski definition) is 0. The minimum atomic E-state index is -4.49. The van der Waals surface area contributed by atoms with Crippen LogP contribution in [-0.2, 0) is 11.0 Å². The van der Waals surface area contributed by atoms with Gasteiger partial charge in [-0.05, 0) is 36.8 Å². The molecule has 2 rings (SSSR count). The molecule has 0 aliphatic heterocycles. The van der Waals surface area contributed by atoms with Gasteiger partial charge < -0.3 is 9.57 Å². The second-order valence-electron chi connectivity index (χ2n) is 5.07. The van der Waals surface area contributed by atoms with Crippen molar-refractivity contribution in [1.29, 1.82) is 0 Å². The van der Waals surface area contributed by atoms with E-state index in [4.69, 9.17) is 21.2 Å². The zero-order valence-electron chi connectivity index (χ0n) is 13.5. The maximum absolute atomic E-state index is 13.1. The van der Waals surface area contributed by atoms with Crippen molar-refractivity contribution >= 4 is 17.3 Å². The van der Waals surface area contributed by atoms with Crippen LogP contribution in [0.5, 0.6) is 5.75 Å². The molecule has 3 nitrogen and oxygen atoms in total. The lowest BCUT2D eigenvalue weighted by atomic mass is 10.0. The Morgan fingerprint density at radius 3 is 2.44 bits per heavy atom. The lowest BCUT2D eigenvalue weighted by Gasteiger charge is -2.14. The molecule has 2 aromatic rings. The van der Waals surface area contributed by atoms with Crippen LogP contribution in [0.3, 0.4) is 0 Å². The normalized spacial score (nSPS) is 12.1. The number of rotatable bonds is 7. The highest BCUT2D eigenvalue weighted by molar-refractivity contribution is 6.31. The summed E-state index contributed by atoms with van der Waals surface area (Å²) in [4.78, 5) is 5.12. The first-order chi connectivity index (χ1) is 11.9. The molecule has 0 unspecified atom stereocenters. The number of para-hydroxylation sites is 1. The van der Waals surface area contributed by atoms with Crippen LogP contribution in [-0.4, -0.2) is 18.9 Å². The Kier molecular flexibility index (Phi) is 6.70. The van der Waals surface area contributed by atoms with E-state index in [1.807, 2.05) is 18.2 Å². The van der Waals surface area contributed by atoms with Crippen LogP contribution in [0.4, 0.5) is 13.2 Å². The monoisotopic (exact) mass is 371 g/mol. The summed E-state index contributed by atoms with van der Waals surface area (Å²) in [6.45, 7) is 2.04. The first-order valence-electron chi connectivity index (χ1n) is 7.65. The Bertz CT molecular complexity index is 718. The van der Waals surface area contributed by atoms with E-state index in [0.29, 0.717) is 5.75 Å². The summed E-state index contributed by atoms with van der Waals surface area (Å²) in [6, 6.07) is 12.5. The minimum absolute atomic E-state index is 0.0773. The van der Waals surface area contributed by atoms with E-state index in [1.54, 1.807) is 19.1 Å². The first kappa shape index (κ1) is 19.1. The molecule has 0 atom stereocenters. The van der Waals surface area contributed by atoms with E-state index in [2.05, 4.69) is 5.16 Å². The van der Waals surface area contributed by atoms with Crippen LogP contribution in [0.1, 0.15) is 24.5 Å². The topological polar surface area (TPSA) is 30.8 Å². The molecule has 25 heavy (non-hydrogen) atoms. The van der Waals surface area contributed by atoms with Gasteiger partial charge >= 0.3 is 6.18 Å². The number of hydrogen-bond acceptors (Lipinski definition) is 3. The van der Waals surface area contributed by atoms with Crippen LogP contribution in [0.2, 0.25) is 5.02 Å². The van der Waals surface area contributed by atoms with Gasteiger partial charge in [0.05, 0.1) is 11.3 Å². The van der Waals surface area contributed by atoms with Gasteiger partial charge in [0, 0.05) is 10.6 Å². The summed E-state index contributed by atoms with van der Waals surface area (Å²) in [6.07, 6.45) is -4.23. The van der Waals surface area contributed by atoms with Gasteiger partial charge in [-0.3, -0.25) is 0 Å². The van der Waals surface area contributed by atoms with Crippen LogP contribution < -0.4 is 4.74 Å². The van der Waals surface area contributed by atoms with Gasteiger partial charge in [0.25, 0.3) is 0 Å². The average Bonchev–Trinajstić information content (AvgIpc) is 2.58. The molecule has 134 valence electrons. The summed E-state index contributed by atoms with van der Waals surface area (Å²) in [5.74, 6) is 0.681. The second kappa shape index (κ2) is 8.76. The molecule has 0 fully saturated rings. The molecule has 0 spiro atoms. The van der Waals surface area contributed by atoms with E-state index in [9.17, 15) is 13.2 Å². The zero-order chi connectivity index (χ0) is 18.3. The maximum atomic E-state index is 13.1. The summed E-state index contributed by atoms with van der Waals surface area (Å²) in [5, 5.41) is 4.04. The third kappa shape index (κ3) is 5.67. The number of alkyl halides is 3. The van der Waals surface area contributed by atoms with Crippen molar-refractivity contribution in [3.05, 3.63) is 64.7 Å². The predicted octanol–water partition coefficient (Wildman–Crippen LogP) is 5.57. The van der Waals surface area contributed by atoms with Crippen molar-refractivity contribution < 1.29 is 22.7 Å². The summed E-state index contributed by atoms with van der Waals surface area (Å²) in [5.41, 5.74) is -0.692. The van der Waals surface area contributed by atoms with Gasteiger partial charge in [0.15, 0.2) is 6.61 Å². The number of benzene rings is 2. The molecule has 0 aromatic heterocycles. The quantitative estimate of drug-likeness (QED) is 0.362. The molecule has 0 bridgehead atoms. The zero-order valence-corrected chi connectivity index (χ0v) is 14.3. The molecule has 0 saturated heterocycles. The smallest absolute Gasteiger partial charge is 0.417 e. The van der Waals surface area contributed by atoms with Crippen molar-refractivity contribution in [3.63, 3.8) is 0 Å². The van der Waals surface area contributed by atoms with E-state index in [1.165, 1.54) is 12.1 Å². The largest absolute Gasteiger partial charge is 0.490 e. The Morgan fingerprint density at radius 1 is 1.08 bits per heavy atom. The summed E-state index contributed by atoms with van der Waals surface area (Å²) < 4.78 is 44.9. The number of ether oxygens (including phenoxy) is 1. The fourth-order valence-electron chi connectivity index (χ4n) is 2.14. The fourth-order valence-corrected chi connectivity index (χ4v) is 2.32. The lowest BCUT2D eigenvalue weighted by Crippen LogP contribution is -2.14. The van der Waals surface area contributed by atoms with Gasteiger partial charge in [-0.1, -0.05) is 41.9 Å². The van der Waals surface area contributed by atoms with E-state index >= 15 is 0 Å². The molecule has 0 aliphatic rings. The summed E-state index contributed by atoms with van der Waals surface area (Å²) >= 11 is 5.84. The standard InChI is InChI=1S/C18H17ClF3NO2/c1-2-17(15-12-13(19)8-9-16(15)18(20,21)22)23-25-11-10-24-14-6-4-3-5-7-14/h3-9,12H,2,10-11H2,1H3. The third-order valence-corrected chi connectivity index (χ3v) is 3.53. The van der Waals surface area contributed by atoms with Crippen LogP contribution in [0.25, 0.3) is 0 Å². The van der Waals surface area contributed by atoms with Crippen molar-refractivity contribution in [1.82, 2.24) is 0 Å². The lowest BCUT2D eigenvalue weighted by molar-refractivity contribution is -0.137. The Hall–Kier alpha value is -2.21. The number of oxime groups is 1. The van der Waals surface area contributed by atoms with Gasteiger partial charge in [-0.2, -0.15) is 13.2 Å². The average molecular weight is 372 g/mol. The van der Waals surface area contributed by atoms with E-state index in [0.717, 1.165) is 6.07 Å². The van der Waals surface area contributed by atoms with Crippen molar-refractivity contribution in [2.24, 2.45) is 5.16 Å². The molecule has 2 aromatic carbocycles. The van der Waals surface area contributed by atoms with Crippen molar-refractivity contribution in [2.45, 2.75) is 19.5 Å². The maximum Gasteiger partial charge on any atom is 0.417 e. The molecular formula is C18H17ClF3NO2. The van der Waals surface area contributed by atoms with E-state index < -0.39 is 11.7 Å². The fraction of sp³-hybridized carbons (Fsp3) is 0.278. The molecule has 0 heterocycles. The Balaban J connectivity index is 2.04. The molecule has 0 amide bonds.